The normalized spacial score (nSPS) is 43.2. The number of allylic oxidation sites excluding steroid dienone is 2. The molecule has 5 rings (SSSR count). The molecule has 3 saturated carbocycles. The number of pyridine rings is 1. The number of carbonyl (C=O) groups is 1. The molecule has 1 unspecified atom stereocenters. The van der Waals surface area contributed by atoms with Crippen LogP contribution in [-0.4, -0.2) is 28.9 Å². The standard InChI is InChI=1S/C27H36N2O/c1-18(19-11-15-28-16-12-19)17-20-5-7-22-21-6-8-24-27(3,14-10-25(30)29(24)4)23(21)9-13-26(20,22)2/h10-12,14-17,20-24H,5-9,13H2,1-4H3/t20-,21+,22+,23+,24?,26-,27-/m1/s1. The van der Waals surface area contributed by atoms with Gasteiger partial charge in [0.15, 0.2) is 0 Å². The second-order valence-corrected chi connectivity index (χ2v) is 10.9. The number of aromatic nitrogens is 1. The predicted molar refractivity (Wildman–Crippen MR) is 121 cm³/mol. The van der Waals surface area contributed by atoms with Gasteiger partial charge in [-0.05, 0) is 104 Å². The van der Waals surface area contributed by atoms with Crippen LogP contribution in [0.1, 0.15) is 64.9 Å². The summed E-state index contributed by atoms with van der Waals surface area (Å²) in [6.45, 7) is 7.29. The SMILES string of the molecule is CC(=C[C@H]1CC[C@H]2[C@@H]3CCC4N(C)C(=O)C=C[C@]4(C)[C@H]3CC[C@]12C)c1ccncc1. The molecular formula is C27H36N2O. The minimum absolute atomic E-state index is 0.147. The monoisotopic (exact) mass is 404 g/mol. The Morgan fingerprint density at radius 1 is 1.10 bits per heavy atom. The van der Waals surface area contributed by atoms with E-state index >= 15 is 0 Å². The number of rotatable bonds is 2. The zero-order valence-electron chi connectivity index (χ0n) is 19.0. The Kier molecular flexibility index (Phi) is 4.72. The first kappa shape index (κ1) is 20.0. The van der Waals surface area contributed by atoms with E-state index in [4.69, 9.17) is 0 Å². The largest absolute Gasteiger partial charge is 0.338 e. The first-order valence-corrected chi connectivity index (χ1v) is 11.9. The molecule has 0 saturated heterocycles. The lowest BCUT2D eigenvalue weighted by atomic mass is 9.47. The van der Waals surface area contributed by atoms with Crippen LogP contribution in [0.25, 0.3) is 5.57 Å². The minimum Gasteiger partial charge on any atom is -0.338 e. The lowest BCUT2D eigenvalue weighted by Gasteiger charge is -2.60. The Morgan fingerprint density at radius 2 is 1.87 bits per heavy atom. The van der Waals surface area contributed by atoms with Gasteiger partial charge in [-0.1, -0.05) is 26.0 Å². The van der Waals surface area contributed by atoms with Crippen LogP contribution in [0.3, 0.4) is 0 Å². The molecule has 4 aliphatic rings. The highest BCUT2D eigenvalue weighted by Crippen LogP contribution is 2.65. The Labute approximate surface area is 181 Å². The number of amides is 1. The topological polar surface area (TPSA) is 33.2 Å². The third-order valence-corrected chi connectivity index (χ3v) is 9.79. The molecule has 0 radical (unpaired) electrons. The summed E-state index contributed by atoms with van der Waals surface area (Å²) in [5.41, 5.74) is 3.27. The van der Waals surface area contributed by atoms with Crippen LogP contribution in [-0.2, 0) is 4.79 Å². The van der Waals surface area contributed by atoms with E-state index in [0.717, 1.165) is 18.3 Å². The van der Waals surface area contributed by atoms with Gasteiger partial charge in [0.05, 0.1) is 0 Å². The minimum atomic E-state index is 0.147. The van der Waals surface area contributed by atoms with Crippen molar-refractivity contribution in [1.82, 2.24) is 9.88 Å². The van der Waals surface area contributed by atoms with Gasteiger partial charge in [-0.25, -0.2) is 0 Å². The Bertz CT molecular complexity index is 889. The lowest BCUT2D eigenvalue weighted by Crippen LogP contribution is -2.59. The summed E-state index contributed by atoms with van der Waals surface area (Å²) in [6.07, 6.45) is 18.3. The highest BCUT2D eigenvalue weighted by atomic mass is 16.2. The lowest BCUT2D eigenvalue weighted by molar-refractivity contribution is -0.138. The van der Waals surface area contributed by atoms with Crippen LogP contribution in [0.5, 0.6) is 0 Å². The number of hydrogen-bond acceptors (Lipinski definition) is 2. The van der Waals surface area contributed by atoms with Crippen molar-refractivity contribution in [3.05, 3.63) is 48.3 Å². The quantitative estimate of drug-likeness (QED) is 0.630. The average molecular weight is 405 g/mol. The van der Waals surface area contributed by atoms with Crippen LogP contribution < -0.4 is 0 Å². The first-order chi connectivity index (χ1) is 14.3. The fraction of sp³-hybridized carbons (Fsp3) is 0.630. The molecule has 3 nitrogen and oxygen atoms in total. The van der Waals surface area contributed by atoms with E-state index in [2.05, 4.69) is 50.0 Å². The maximum atomic E-state index is 12.3. The summed E-state index contributed by atoms with van der Waals surface area (Å²) in [6, 6.07) is 4.64. The first-order valence-electron chi connectivity index (χ1n) is 11.9. The molecular weight excluding hydrogens is 368 g/mol. The van der Waals surface area contributed by atoms with Gasteiger partial charge in [-0.2, -0.15) is 0 Å². The van der Waals surface area contributed by atoms with Crippen molar-refractivity contribution in [2.75, 3.05) is 7.05 Å². The van der Waals surface area contributed by atoms with E-state index in [-0.39, 0.29) is 11.3 Å². The summed E-state index contributed by atoms with van der Waals surface area (Å²) in [4.78, 5) is 18.5. The van der Waals surface area contributed by atoms with Crippen LogP contribution >= 0.6 is 0 Å². The van der Waals surface area contributed by atoms with Gasteiger partial charge in [0.2, 0.25) is 5.91 Å². The molecule has 160 valence electrons. The van der Waals surface area contributed by atoms with Gasteiger partial charge in [0.1, 0.15) is 0 Å². The van der Waals surface area contributed by atoms with E-state index < -0.39 is 0 Å². The second-order valence-electron chi connectivity index (χ2n) is 10.9. The molecule has 0 spiro atoms. The van der Waals surface area contributed by atoms with Gasteiger partial charge in [-0.3, -0.25) is 9.78 Å². The molecule has 3 heteroatoms. The van der Waals surface area contributed by atoms with E-state index in [1.807, 2.05) is 30.4 Å². The fourth-order valence-electron chi connectivity index (χ4n) is 8.07. The van der Waals surface area contributed by atoms with Crippen molar-refractivity contribution in [2.45, 2.75) is 65.3 Å². The Hall–Kier alpha value is -1.90. The molecule has 1 aliphatic heterocycles. The van der Waals surface area contributed by atoms with Gasteiger partial charge in [0, 0.05) is 30.9 Å². The van der Waals surface area contributed by atoms with Crippen molar-refractivity contribution in [3.63, 3.8) is 0 Å². The molecule has 7 atom stereocenters. The number of fused-ring (bicyclic) bond motifs is 5. The molecule has 1 aromatic heterocycles. The number of hydrogen-bond donors (Lipinski definition) is 0. The fourth-order valence-corrected chi connectivity index (χ4v) is 8.07. The van der Waals surface area contributed by atoms with Crippen molar-refractivity contribution < 1.29 is 4.79 Å². The molecule has 1 aromatic rings. The maximum absolute atomic E-state index is 12.3. The zero-order valence-corrected chi connectivity index (χ0v) is 19.0. The highest BCUT2D eigenvalue weighted by molar-refractivity contribution is 5.89. The Balaban J connectivity index is 1.42. The average Bonchev–Trinajstić information content (AvgIpc) is 3.08. The van der Waals surface area contributed by atoms with Crippen LogP contribution in [0, 0.1) is 34.5 Å². The van der Waals surface area contributed by atoms with E-state index in [1.165, 1.54) is 43.2 Å². The number of nitrogens with zero attached hydrogens (tertiary/aromatic N) is 2. The van der Waals surface area contributed by atoms with Gasteiger partial charge < -0.3 is 4.90 Å². The van der Waals surface area contributed by atoms with E-state index in [1.54, 1.807) is 0 Å². The van der Waals surface area contributed by atoms with E-state index in [0.29, 0.717) is 23.3 Å². The summed E-state index contributed by atoms with van der Waals surface area (Å²) < 4.78 is 0. The van der Waals surface area contributed by atoms with Crippen LogP contribution in [0.15, 0.2) is 42.8 Å². The van der Waals surface area contributed by atoms with Crippen LogP contribution in [0.2, 0.25) is 0 Å². The molecule has 3 fully saturated rings. The van der Waals surface area contributed by atoms with Crippen LogP contribution in [0.4, 0.5) is 0 Å². The van der Waals surface area contributed by atoms with Gasteiger partial charge in [0.25, 0.3) is 0 Å². The van der Waals surface area contributed by atoms with E-state index in [9.17, 15) is 4.79 Å². The van der Waals surface area contributed by atoms with Gasteiger partial charge in [-0.15, -0.1) is 0 Å². The molecule has 30 heavy (non-hydrogen) atoms. The third kappa shape index (κ3) is 2.84. The Morgan fingerprint density at radius 3 is 2.63 bits per heavy atom. The van der Waals surface area contributed by atoms with Crippen molar-refractivity contribution >= 4 is 11.5 Å². The smallest absolute Gasteiger partial charge is 0.246 e. The highest BCUT2D eigenvalue weighted by Gasteiger charge is 2.59. The zero-order chi connectivity index (χ0) is 21.1. The molecule has 0 bridgehead atoms. The molecule has 2 heterocycles. The molecule has 3 aliphatic carbocycles. The predicted octanol–water partition coefficient (Wildman–Crippen LogP) is 5.74. The maximum Gasteiger partial charge on any atom is 0.246 e. The summed E-state index contributed by atoms with van der Waals surface area (Å²) in [7, 11) is 2.01. The molecule has 0 aromatic carbocycles. The second kappa shape index (κ2) is 7.07. The van der Waals surface area contributed by atoms with Gasteiger partial charge >= 0.3 is 0 Å². The van der Waals surface area contributed by atoms with Crippen molar-refractivity contribution in [3.8, 4) is 0 Å². The summed E-state index contributed by atoms with van der Waals surface area (Å²) in [5.74, 6) is 3.19. The number of likely N-dealkylation sites (N-methyl/N-ethyl adjacent to an activating group) is 1. The number of carbonyl (C=O) groups excluding carboxylic acids is 1. The summed E-state index contributed by atoms with van der Waals surface area (Å²) in [5, 5.41) is 0. The van der Waals surface area contributed by atoms with Crippen molar-refractivity contribution in [2.24, 2.45) is 34.5 Å². The molecule has 1 amide bonds. The summed E-state index contributed by atoms with van der Waals surface area (Å²) >= 11 is 0. The van der Waals surface area contributed by atoms with Crippen molar-refractivity contribution in [1.29, 1.82) is 0 Å². The molecule has 0 N–H and O–H groups in total. The third-order valence-electron chi connectivity index (χ3n) is 9.79.